The van der Waals surface area contributed by atoms with Gasteiger partial charge in [0.25, 0.3) is 0 Å². The zero-order chi connectivity index (χ0) is 17.3. The van der Waals surface area contributed by atoms with Crippen molar-refractivity contribution in [2.75, 3.05) is 24.7 Å². The minimum atomic E-state index is -2.49. The Bertz CT molecular complexity index is 869. The number of rotatable bonds is 5. The maximum Gasteiger partial charge on any atom is 0.153 e. The van der Waals surface area contributed by atoms with E-state index in [-0.39, 0.29) is 23.7 Å². The molecule has 0 amide bonds. The Morgan fingerprint density at radius 2 is 2.17 bits per heavy atom. The minimum Gasteiger partial charge on any atom is -0.505 e. The highest BCUT2D eigenvalue weighted by Crippen LogP contribution is 2.36. The Kier molecular flexibility index (Phi) is 4.17. The van der Waals surface area contributed by atoms with Gasteiger partial charge in [-0.25, -0.2) is 8.42 Å². The fraction of sp³-hybridized carbons (Fsp3) is 0.333. The molecule has 2 aromatic rings. The number of nitrogens with two attached hydrogens (primary N) is 1. The number of nitrogens with zero attached hydrogens (tertiary/aromatic N) is 4. The number of benzene rings is 1. The van der Waals surface area contributed by atoms with Gasteiger partial charge in [0, 0.05) is 30.4 Å². The largest absolute Gasteiger partial charge is 0.505 e. The second kappa shape index (κ2) is 6.14. The molecule has 1 aromatic carbocycles. The minimum absolute atomic E-state index is 0.00929. The van der Waals surface area contributed by atoms with Crippen LogP contribution in [0.3, 0.4) is 0 Å². The van der Waals surface area contributed by atoms with Crippen LogP contribution >= 0.6 is 0 Å². The van der Waals surface area contributed by atoms with Crippen LogP contribution in [-0.2, 0) is 16.2 Å². The first-order valence-corrected chi connectivity index (χ1v) is 8.65. The van der Waals surface area contributed by atoms with E-state index in [4.69, 9.17) is 11.0 Å². The Morgan fingerprint density at radius 1 is 1.42 bits per heavy atom. The zero-order valence-corrected chi connectivity index (χ0v) is 13.7. The number of phenolic OH excluding ortho intramolecular Hbond substituents is 1. The molecule has 9 heteroatoms. The lowest BCUT2D eigenvalue weighted by atomic mass is 9.87. The molecule has 0 atom stereocenters. The first-order valence-electron chi connectivity index (χ1n) is 7.29. The summed E-state index contributed by atoms with van der Waals surface area (Å²) in [5.41, 5.74) is 6.70. The topological polar surface area (TPSA) is 125 Å². The van der Waals surface area contributed by atoms with E-state index in [2.05, 4.69) is 11.2 Å². The van der Waals surface area contributed by atoms with E-state index >= 15 is 0 Å². The summed E-state index contributed by atoms with van der Waals surface area (Å²) in [5, 5.41) is 23.5. The van der Waals surface area contributed by atoms with Crippen molar-refractivity contribution >= 4 is 16.4 Å². The van der Waals surface area contributed by atoms with Gasteiger partial charge >= 0.3 is 0 Å². The van der Waals surface area contributed by atoms with Crippen molar-refractivity contribution in [1.82, 2.24) is 14.7 Å². The molecule has 1 aliphatic heterocycles. The lowest BCUT2D eigenvalue weighted by Crippen LogP contribution is -2.62. The maximum atomic E-state index is 10.8. The predicted molar refractivity (Wildman–Crippen MR) is 88.7 cm³/mol. The molecule has 1 fully saturated rings. The van der Waals surface area contributed by atoms with Crippen LogP contribution in [0.15, 0.2) is 30.6 Å². The van der Waals surface area contributed by atoms with Gasteiger partial charge in [0.1, 0.15) is 11.3 Å². The van der Waals surface area contributed by atoms with Crippen molar-refractivity contribution in [2.24, 2.45) is 0 Å². The van der Waals surface area contributed by atoms with Crippen molar-refractivity contribution in [1.29, 1.82) is 5.26 Å². The smallest absolute Gasteiger partial charge is 0.153 e. The van der Waals surface area contributed by atoms with Gasteiger partial charge in [-0.1, -0.05) is 12.1 Å². The van der Waals surface area contributed by atoms with Gasteiger partial charge in [0.15, 0.2) is 10.7 Å². The summed E-state index contributed by atoms with van der Waals surface area (Å²) in [6, 6.07) is 7.22. The van der Waals surface area contributed by atoms with E-state index in [0.717, 1.165) is 0 Å². The van der Waals surface area contributed by atoms with E-state index in [1.54, 1.807) is 40.2 Å². The van der Waals surface area contributed by atoms with Crippen LogP contribution in [0.2, 0.25) is 0 Å². The van der Waals surface area contributed by atoms with Crippen molar-refractivity contribution in [3.05, 3.63) is 30.6 Å². The second-order valence-electron chi connectivity index (χ2n) is 5.94. The van der Waals surface area contributed by atoms with Crippen LogP contribution in [0.25, 0.3) is 11.1 Å². The highest BCUT2D eigenvalue weighted by molar-refractivity contribution is 7.72. The van der Waals surface area contributed by atoms with E-state index in [1.807, 2.05) is 0 Å². The summed E-state index contributed by atoms with van der Waals surface area (Å²) < 4.78 is 23.4. The third kappa shape index (κ3) is 2.81. The number of nitriles is 1. The maximum absolute atomic E-state index is 10.8. The fourth-order valence-electron chi connectivity index (χ4n) is 3.05. The second-order valence-corrected chi connectivity index (χ2v) is 6.89. The van der Waals surface area contributed by atoms with Crippen LogP contribution in [0.5, 0.6) is 5.75 Å². The fourth-order valence-corrected chi connectivity index (χ4v) is 3.58. The number of hydrogen-bond acceptors (Lipinski definition) is 7. The lowest BCUT2D eigenvalue weighted by Gasteiger charge is -2.48. The average molecular weight is 347 g/mol. The Balaban J connectivity index is 1.88. The van der Waals surface area contributed by atoms with E-state index in [1.165, 1.54) is 0 Å². The summed E-state index contributed by atoms with van der Waals surface area (Å²) in [5.74, 6) is -0.0305. The van der Waals surface area contributed by atoms with Crippen LogP contribution in [0.1, 0.15) is 6.42 Å². The Morgan fingerprint density at radius 3 is 2.83 bits per heavy atom. The molecule has 24 heavy (non-hydrogen) atoms. The van der Waals surface area contributed by atoms with Gasteiger partial charge < -0.3 is 10.8 Å². The summed E-state index contributed by atoms with van der Waals surface area (Å²) in [4.78, 5) is 1.75. The highest BCUT2D eigenvalue weighted by Gasteiger charge is 2.45. The quantitative estimate of drug-likeness (QED) is 0.404. The van der Waals surface area contributed by atoms with Crippen LogP contribution in [0, 0.1) is 11.3 Å². The number of para-hydroxylation sites is 1. The summed E-state index contributed by atoms with van der Waals surface area (Å²) >= 11 is 0. The molecule has 3 N–H and O–H groups in total. The molecular formula is C15H17N5O3S. The number of nitrogen functional groups attached to an aromatic ring is 1. The van der Waals surface area contributed by atoms with E-state index in [9.17, 15) is 13.5 Å². The van der Waals surface area contributed by atoms with Crippen LogP contribution in [-0.4, -0.2) is 47.2 Å². The van der Waals surface area contributed by atoms with Gasteiger partial charge in [0.2, 0.25) is 0 Å². The first kappa shape index (κ1) is 16.3. The number of likely N-dealkylation sites (tertiary alicyclic amines) is 1. The van der Waals surface area contributed by atoms with Gasteiger partial charge in [-0.2, -0.15) is 10.4 Å². The summed E-state index contributed by atoms with van der Waals surface area (Å²) in [6.07, 6.45) is 3.58. The monoisotopic (exact) mass is 347 g/mol. The average Bonchev–Trinajstić information content (AvgIpc) is 2.97. The molecule has 8 nitrogen and oxygen atoms in total. The third-order valence-corrected chi connectivity index (χ3v) is 4.84. The summed E-state index contributed by atoms with van der Waals surface area (Å²) in [7, 11) is -2.49. The number of hydrogen-bond donors (Lipinski definition) is 3. The van der Waals surface area contributed by atoms with E-state index in [0.29, 0.717) is 24.2 Å². The van der Waals surface area contributed by atoms with Crippen molar-refractivity contribution < 1.29 is 13.5 Å². The van der Waals surface area contributed by atoms with Gasteiger partial charge in [0.05, 0.1) is 30.3 Å². The molecule has 0 radical (unpaired) electrons. The molecule has 2 heterocycles. The Labute approximate surface area is 140 Å². The molecule has 0 bridgehead atoms. The number of aromatic hydroxyl groups is 1. The molecule has 1 aromatic heterocycles. The van der Waals surface area contributed by atoms with E-state index < -0.39 is 16.2 Å². The lowest BCUT2D eigenvalue weighted by molar-refractivity contribution is 0.0202. The predicted octanol–water partition coefficient (Wildman–Crippen LogP) is 0.331. The Hall–Kier alpha value is -2.57. The van der Waals surface area contributed by atoms with Crippen LogP contribution in [0.4, 0.5) is 5.69 Å². The first-order chi connectivity index (χ1) is 11.4. The number of anilines is 1. The number of aromatic nitrogens is 2. The molecule has 0 aliphatic carbocycles. The van der Waals surface area contributed by atoms with Crippen molar-refractivity contribution in [3.8, 4) is 22.9 Å². The molecule has 1 saturated heterocycles. The van der Waals surface area contributed by atoms with Crippen molar-refractivity contribution in [3.63, 3.8) is 0 Å². The molecule has 3 rings (SSSR count). The molecular weight excluding hydrogens is 330 g/mol. The van der Waals surface area contributed by atoms with Gasteiger partial charge in [-0.05, 0) is 6.07 Å². The molecule has 126 valence electrons. The zero-order valence-electron chi connectivity index (χ0n) is 12.8. The van der Waals surface area contributed by atoms with Crippen LogP contribution < -0.4 is 5.73 Å². The SMILES string of the molecule is N#CCC1(n2cc(-c3cccc(N)c3O)cn2)CN(C[SH](=O)=O)C1. The van der Waals surface area contributed by atoms with Gasteiger partial charge in [-0.15, -0.1) is 0 Å². The molecule has 0 saturated carbocycles. The van der Waals surface area contributed by atoms with Crippen molar-refractivity contribution in [2.45, 2.75) is 12.0 Å². The molecule has 0 spiro atoms. The highest BCUT2D eigenvalue weighted by atomic mass is 32.2. The number of phenols is 1. The number of thiol groups is 1. The third-order valence-electron chi connectivity index (χ3n) is 4.21. The van der Waals surface area contributed by atoms with Gasteiger partial charge in [-0.3, -0.25) is 9.58 Å². The standard InChI is InChI=1S/C15H17N5O3S/c16-5-4-15(8-19(9-15)10-24(22)23)20-7-11(6-18-20)12-2-1-3-13(17)14(12)21/h1-3,6-7,21,24H,4,8-10,17H2. The molecule has 1 aliphatic rings. The normalized spacial score (nSPS) is 16.7. The molecule has 0 unspecified atom stereocenters. The summed E-state index contributed by atoms with van der Waals surface area (Å²) in [6.45, 7) is 0.877.